The molecule has 0 amide bonds. The maximum Gasteiger partial charge on any atom is 0.300 e. The van der Waals surface area contributed by atoms with Gasteiger partial charge in [-0.15, -0.1) is 0 Å². The smallest absolute Gasteiger partial charge is 0.300 e. The molecule has 3 fully saturated rings. The van der Waals surface area contributed by atoms with E-state index in [0.29, 0.717) is 0 Å². The van der Waals surface area contributed by atoms with E-state index in [2.05, 4.69) is 6.92 Å². The van der Waals surface area contributed by atoms with Gasteiger partial charge in [0.05, 0.1) is 0 Å². The zero-order valence-corrected chi connectivity index (χ0v) is 10.5. The van der Waals surface area contributed by atoms with Crippen molar-refractivity contribution in [3.05, 3.63) is 0 Å². The molecule has 1 N–H and O–H groups in total. The summed E-state index contributed by atoms with van der Waals surface area (Å²) >= 11 is 0. The van der Waals surface area contributed by atoms with Crippen LogP contribution < -0.4 is 0 Å². The predicted molar refractivity (Wildman–Crippen MR) is 64.1 cm³/mol. The van der Waals surface area contributed by atoms with Crippen LogP contribution in [-0.2, 0) is 4.79 Å². The van der Waals surface area contributed by atoms with E-state index in [4.69, 9.17) is 9.90 Å². The third-order valence-corrected chi connectivity index (χ3v) is 5.06. The molecule has 0 aliphatic heterocycles. The van der Waals surface area contributed by atoms with Crippen LogP contribution in [-0.4, -0.2) is 11.1 Å². The molecule has 0 aromatic heterocycles. The Morgan fingerprint density at radius 2 is 1.56 bits per heavy atom. The fourth-order valence-corrected chi connectivity index (χ4v) is 4.46. The summed E-state index contributed by atoms with van der Waals surface area (Å²) in [7, 11) is 0. The fraction of sp³-hybridized carbons (Fsp3) is 0.929. The first-order valence-corrected chi connectivity index (χ1v) is 6.81. The van der Waals surface area contributed by atoms with Crippen LogP contribution in [0, 0.1) is 29.6 Å². The molecule has 2 nitrogen and oxygen atoms in total. The summed E-state index contributed by atoms with van der Waals surface area (Å²) in [5.41, 5.74) is 0. The maximum atomic E-state index is 9.00. The van der Waals surface area contributed by atoms with E-state index in [1.807, 2.05) is 0 Å². The van der Waals surface area contributed by atoms with Gasteiger partial charge >= 0.3 is 0 Å². The highest BCUT2D eigenvalue weighted by Gasteiger charge is 2.51. The maximum absolute atomic E-state index is 9.00. The third kappa shape index (κ3) is 2.26. The van der Waals surface area contributed by atoms with Crippen molar-refractivity contribution in [2.75, 3.05) is 0 Å². The second kappa shape index (κ2) is 4.77. The standard InChI is InChI=1S/C12H20.C2H4O2/c1-2-8-5-11-9-3-4-10(7-9)12(11)6-8;1-2(3)4/h8-12H,2-7H2,1H3;1H3,(H,3,4). The molecule has 0 heterocycles. The topological polar surface area (TPSA) is 37.3 Å². The lowest BCUT2D eigenvalue weighted by atomic mass is 9.82. The van der Waals surface area contributed by atoms with E-state index < -0.39 is 5.97 Å². The van der Waals surface area contributed by atoms with Gasteiger partial charge in [-0.05, 0) is 61.7 Å². The van der Waals surface area contributed by atoms with Gasteiger partial charge in [-0.25, -0.2) is 0 Å². The predicted octanol–water partition coefficient (Wildman–Crippen LogP) is 3.56. The Labute approximate surface area is 98.4 Å². The first-order valence-electron chi connectivity index (χ1n) is 6.81. The van der Waals surface area contributed by atoms with Crippen LogP contribution in [0.25, 0.3) is 0 Å². The third-order valence-electron chi connectivity index (χ3n) is 5.06. The summed E-state index contributed by atoms with van der Waals surface area (Å²) in [6.07, 6.45) is 9.44. The first kappa shape index (κ1) is 11.9. The van der Waals surface area contributed by atoms with Crippen LogP contribution in [0.4, 0.5) is 0 Å². The molecule has 2 heteroatoms. The number of fused-ring (bicyclic) bond motifs is 5. The molecular weight excluding hydrogens is 200 g/mol. The highest BCUT2D eigenvalue weighted by atomic mass is 16.4. The van der Waals surface area contributed by atoms with E-state index in [9.17, 15) is 0 Å². The van der Waals surface area contributed by atoms with E-state index in [-0.39, 0.29) is 0 Å². The van der Waals surface area contributed by atoms with Gasteiger partial charge in [-0.3, -0.25) is 4.79 Å². The second-order valence-corrected chi connectivity index (χ2v) is 5.93. The van der Waals surface area contributed by atoms with Crippen molar-refractivity contribution >= 4 is 5.97 Å². The van der Waals surface area contributed by atoms with Crippen LogP contribution in [0.5, 0.6) is 0 Å². The zero-order valence-electron chi connectivity index (χ0n) is 10.5. The molecule has 3 rings (SSSR count). The van der Waals surface area contributed by atoms with Crippen LogP contribution in [0.2, 0.25) is 0 Å². The summed E-state index contributed by atoms with van der Waals surface area (Å²) in [5.74, 6) is 5.01. The Morgan fingerprint density at radius 3 is 1.94 bits per heavy atom. The molecule has 0 radical (unpaired) electrons. The minimum Gasteiger partial charge on any atom is -0.481 e. The summed E-state index contributed by atoms with van der Waals surface area (Å²) in [5, 5.41) is 7.42. The van der Waals surface area contributed by atoms with Gasteiger partial charge in [0, 0.05) is 6.92 Å². The van der Waals surface area contributed by atoms with Crippen LogP contribution in [0.15, 0.2) is 0 Å². The van der Waals surface area contributed by atoms with E-state index >= 15 is 0 Å². The zero-order chi connectivity index (χ0) is 11.7. The average molecular weight is 224 g/mol. The van der Waals surface area contributed by atoms with Gasteiger partial charge in [-0.1, -0.05) is 13.3 Å². The van der Waals surface area contributed by atoms with Gasteiger partial charge in [0.15, 0.2) is 0 Å². The van der Waals surface area contributed by atoms with Crippen LogP contribution >= 0.6 is 0 Å². The molecule has 3 aliphatic rings. The molecule has 0 saturated heterocycles. The summed E-state index contributed by atoms with van der Waals surface area (Å²) in [6.45, 7) is 3.47. The highest BCUT2D eigenvalue weighted by Crippen LogP contribution is 2.60. The Morgan fingerprint density at radius 1 is 1.12 bits per heavy atom. The number of aliphatic carboxylic acids is 1. The SMILES string of the molecule is CC(=O)O.CCC1CC2C3CCC(C3)C2C1. The largest absolute Gasteiger partial charge is 0.481 e. The van der Waals surface area contributed by atoms with Crippen molar-refractivity contribution < 1.29 is 9.90 Å². The van der Waals surface area contributed by atoms with Gasteiger partial charge in [0.2, 0.25) is 0 Å². The minimum absolute atomic E-state index is 0.833. The monoisotopic (exact) mass is 224 g/mol. The average Bonchev–Trinajstić information content (AvgIpc) is 2.89. The molecule has 2 bridgehead atoms. The number of carbonyl (C=O) groups is 1. The molecule has 0 aromatic rings. The molecule has 0 spiro atoms. The molecule has 3 saturated carbocycles. The van der Waals surface area contributed by atoms with E-state index in [0.717, 1.165) is 12.8 Å². The van der Waals surface area contributed by atoms with Crippen molar-refractivity contribution in [2.24, 2.45) is 29.6 Å². The van der Waals surface area contributed by atoms with E-state index in [1.165, 1.54) is 30.1 Å². The Bertz CT molecular complexity index is 239. The van der Waals surface area contributed by atoms with Gasteiger partial charge in [0.1, 0.15) is 0 Å². The van der Waals surface area contributed by atoms with Crippen molar-refractivity contribution in [3.8, 4) is 0 Å². The Balaban J connectivity index is 0.000000212. The van der Waals surface area contributed by atoms with Gasteiger partial charge < -0.3 is 5.11 Å². The van der Waals surface area contributed by atoms with Crippen molar-refractivity contribution in [3.63, 3.8) is 0 Å². The Hall–Kier alpha value is -0.530. The molecule has 16 heavy (non-hydrogen) atoms. The van der Waals surface area contributed by atoms with Crippen molar-refractivity contribution in [2.45, 2.75) is 52.4 Å². The molecule has 4 unspecified atom stereocenters. The van der Waals surface area contributed by atoms with Crippen molar-refractivity contribution in [1.82, 2.24) is 0 Å². The van der Waals surface area contributed by atoms with Crippen LogP contribution in [0.1, 0.15) is 52.4 Å². The summed E-state index contributed by atoms with van der Waals surface area (Å²) < 4.78 is 0. The Kier molecular flexibility index (Phi) is 3.56. The number of carboxylic acid groups (broad SMARTS) is 1. The fourth-order valence-electron chi connectivity index (χ4n) is 4.46. The van der Waals surface area contributed by atoms with Crippen molar-refractivity contribution in [1.29, 1.82) is 0 Å². The second-order valence-electron chi connectivity index (χ2n) is 5.93. The number of hydrogen-bond acceptors (Lipinski definition) is 1. The van der Waals surface area contributed by atoms with Gasteiger partial charge in [-0.2, -0.15) is 0 Å². The number of hydrogen-bond donors (Lipinski definition) is 1. The lowest BCUT2D eigenvalue weighted by molar-refractivity contribution is -0.134. The molecule has 92 valence electrons. The highest BCUT2D eigenvalue weighted by molar-refractivity contribution is 5.62. The summed E-state index contributed by atoms with van der Waals surface area (Å²) in [6, 6.07) is 0. The molecule has 3 aliphatic carbocycles. The molecule has 4 atom stereocenters. The van der Waals surface area contributed by atoms with Crippen LogP contribution in [0.3, 0.4) is 0 Å². The lowest BCUT2D eigenvalue weighted by Crippen LogP contribution is -2.15. The number of rotatable bonds is 1. The number of carboxylic acids is 1. The van der Waals surface area contributed by atoms with E-state index in [1.54, 1.807) is 32.1 Å². The first-order chi connectivity index (χ1) is 7.61. The minimum atomic E-state index is -0.833. The normalized spacial score (nSPS) is 43.8. The summed E-state index contributed by atoms with van der Waals surface area (Å²) in [4.78, 5) is 9.00. The molecular formula is C14H24O2. The lowest BCUT2D eigenvalue weighted by Gasteiger charge is -2.23. The van der Waals surface area contributed by atoms with Gasteiger partial charge in [0.25, 0.3) is 5.97 Å². The molecule has 0 aromatic carbocycles. The quantitative estimate of drug-likeness (QED) is 0.739.